The normalized spacial score (nSPS) is 12.6. The van der Waals surface area contributed by atoms with Crippen LogP contribution in [0, 0.1) is 5.92 Å². The first-order chi connectivity index (χ1) is 8.43. The number of benzene rings is 1. The van der Waals surface area contributed by atoms with Crippen molar-refractivity contribution in [1.82, 2.24) is 0 Å². The molecule has 100 valence electrons. The average Bonchev–Trinajstić information content (AvgIpc) is 2.28. The Labute approximate surface area is 113 Å². The van der Waals surface area contributed by atoms with E-state index in [1.54, 1.807) is 25.3 Å². The molecule has 2 N–H and O–H groups in total. The maximum atomic E-state index is 11.9. The number of hydrogen-bond acceptors (Lipinski definition) is 3. The number of Topliss-reactive ketones (excluding diaryl/α,β-unsaturated/α-hetero) is 1. The minimum Gasteiger partial charge on any atom is -0.496 e. The molecule has 0 amide bonds. The van der Waals surface area contributed by atoms with Crippen LogP contribution in [0.2, 0.25) is 5.02 Å². The van der Waals surface area contributed by atoms with Crippen molar-refractivity contribution in [3.8, 4) is 5.75 Å². The number of ketones is 1. The number of halogens is 1. The number of methoxy groups -OCH3 is 1. The molecule has 0 spiro atoms. The molecular weight excluding hydrogens is 250 g/mol. The topological polar surface area (TPSA) is 52.3 Å². The standard InChI is InChI=1S/C14H20ClNO2/c1-9(2)13(16)8-12(17)7-10-6-11(15)4-5-14(10)18-3/h4-6,9,13H,7-8,16H2,1-3H3. The zero-order valence-corrected chi connectivity index (χ0v) is 11.8. The number of nitrogens with two attached hydrogens (primary N) is 1. The van der Waals surface area contributed by atoms with E-state index in [1.165, 1.54) is 0 Å². The third-order valence-corrected chi connectivity index (χ3v) is 3.18. The molecule has 0 aliphatic heterocycles. The maximum Gasteiger partial charge on any atom is 0.138 e. The van der Waals surface area contributed by atoms with Gasteiger partial charge >= 0.3 is 0 Å². The highest BCUT2D eigenvalue weighted by molar-refractivity contribution is 6.30. The fourth-order valence-corrected chi connectivity index (χ4v) is 1.86. The highest BCUT2D eigenvalue weighted by atomic mass is 35.5. The van der Waals surface area contributed by atoms with Crippen LogP contribution in [-0.4, -0.2) is 18.9 Å². The molecule has 0 saturated carbocycles. The van der Waals surface area contributed by atoms with E-state index in [0.717, 1.165) is 5.56 Å². The molecule has 4 heteroatoms. The van der Waals surface area contributed by atoms with Crippen molar-refractivity contribution >= 4 is 17.4 Å². The summed E-state index contributed by atoms with van der Waals surface area (Å²) in [4.78, 5) is 11.9. The summed E-state index contributed by atoms with van der Waals surface area (Å²) < 4.78 is 5.21. The third-order valence-electron chi connectivity index (χ3n) is 2.95. The van der Waals surface area contributed by atoms with Crippen LogP contribution in [0.1, 0.15) is 25.8 Å². The van der Waals surface area contributed by atoms with E-state index in [-0.39, 0.29) is 11.8 Å². The molecule has 18 heavy (non-hydrogen) atoms. The van der Waals surface area contributed by atoms with Crippen LogP contribution < -0.4 is 10.5 Å². The van der Waals surface area contributed by atoms with E-state index in [2.05, 4.69) is 0 Å². The zero-order valence-electron chi connectivity index (χ0n) is 11.1. The Morgan fingerprint density at radius 3 is 2.67 bits per heavy atom. The molecule has 1 unspecified atom stereocenters. The van der Waals surface area contributed by atoms with Gasteiger partial charge in [-0.05, 0) is 24.1 Å². The van der Waals surface area contributed by atoms with Crippen LogP contribution in [0.4, 0.5) is 0 Å². The molecule has 1 rings (SSSR count). The summed E-state index contributed by atoms with van der Waals surface area (Å²) in [6.07, 6.45) is 0.692. The van der Waals surface area contributed by atoms with E-state index in [0.29, 0.717) is 29.5 Å². The first-order valence-corrected chi connectivity index (χ1v) is 6.41. The van der Waals surface area contributed by atoms with E-state index in [4.69, 9.17) is 22.1 Å². The Hall–Kier alpha value is -1.06. The van der Waals surface area contributed by atoms with E-state index in [9.17, 15) is 4.79 Å². The molecule has 0 aliphatic carbocycles. The second-order valence-electron chi connectivity index (χ2n) is 4.78. The SMILES string of the molecule is COc1ccc(Cl)cc1CC(=O)CC(N)C(C)C. The lowest BCUT2D eigenvalue weighted by atomic mass is 9.96. The number of carbonyl (C=O) groups is 1. The largest absolute Gasteiger partial charge is 0.496 e. The minimum atomic E-state index is -0.0947. The molecule has 1 atom stereocenters. The Bertz CT molecular complexity index is 418. The van der Waals surface area contributed by atoms with Crippen molar-refractivity contribution in [2.45, 2.75) is 32.7 Å². The number of rotatable bonds is 6. The van der Waals surface area contributed by atoms with Crippen molar-refractivity contribution in [3.63, 3.8) is 0 Å². The van der Waals surface area contributed by atoms with E-state index in [1.807, 2.05) is 13.8 Å². The van der Waals surface area contributed by atoms with Gasteiger partial charge in [-0.3, -0.25) is 4.79 Å². The molecule has 0 heterocycles. The van der Waals surface area contributed by atoms with Gasteiger partial charge in [0, 0.05) is 29.5 Å². The van der Waals surface area contributed by atoms with Crippen molar-refractivity contribution in [1.29, 1.82) is 0 Å². The van der Waals surface area contributed by atoms with Gasteiger partial charge in [0.1, 0.15) is 11.5 Å². The van der Waals surface area contributed by atoms with Crippen LogP contribution in [0.3, 0.4) is 0 Å². The smallest absolute Gasteiger partial charge is 0.138 e. The van der Waals surface area contributed by atoms with Gasteiger partial charge in [-0.1, -0.05) is 25.4 Å². The molecule has 3 nitrogen and oxygen atoms in total. The lowest BCUT2D eigenvalue weighted by molar-refractivity contribution is -0.119. The minimum absolute atomic E-state index is 0.0947. The predicted octanol–water partition coefficient (Wildman–Crippen LogP) is 2.83. The lowest BCUT2D eigenvalue weighted by Gasteiger charge is -2.15. The van der Waals surface area contributed by atoms with Crippen LogP contribution in [0.25, 0.3) is 0 Å². The molecular formula is C14H20ClNO2. The quantitative estimate of drug-likeness (QED) is 0.864. The molecule has 0 radical (unpaired) electrons. The van der Waals surface area contributed by atoms with Crippen LogP contribution in [0.5, 0.6) is 5.75 Å². The van der Waals surface area contributed by atoms with Gasteiger partial charge in [0.25, 0.3) is 0 Å². The van der Waals surface area contributed by atoms with Crippen molar-refractivity contribution in [2.75, 3.05) is 7.11 Å². The molecule has 0 bridgehead atoms. The first-order valence-electron chi connectivity index (χ1n) is 6.03. The molecule has 0 saturated heterocycles. The summed E-state index contributed by atoms with van der Waals surface area (Å²) in [6, 6.07) is 5.18. The van der Waals surface area contributed by atoms with Gasteiger partial charge in [0.15, 0.2) is 0 Å². The van der Waals surface area contributed by atoms with E-state index < -0.39 is 0 Å². The van der Waals surface area contributed by atoms with Gasteiger partial charge in [-0.25, -0.2) is 0 Å². The Balaban J connectivity index is 2.72. The van der Waals surface area contributed by atoms with Crippen LogP contribution in [-0.2, 0) is 11.2 Å². The number of carbonyl (C=O) groups excluding carboxylic acids is 1. The third kappa shape index (κ3) is 4.31. The van der Waals surface area contributed by atoms with Gasteiger partial charge < -0.3 is 10.5 Å². The second-order valence-corrected chi connectivity index (χ2v) is 5.22. The van der Waals surface area contributed by atoms with Crippen molar-refractivity contribution in [2.24, 2.45) is 11.7 Å². The van der Waals surface area contributed by atoms with Gasteiger partial charge in [-0.2, -0.15) is 0 Å². The summed E-state index contributed by atoms with van der Waals surface area (Å²) in [5, 5.41) is 0.603. The molecule has 0 aromatic heterocycles. The number of ether oxygens (including phenoxy) is 1. The number of hydrogen-bond donors (Lipinski definition) is 1. The van der Waals surface area contributed by atoms with Crippen LogP contribution in [0.15, 0.2) is 18.2 Å². The molecule has 0 fully saturated rings. The van der Waals surface area contributed by atoms with Gasteiger partial charge in [-0.15, -0.1) is 0 Å². The van der Waals surface area contributed by atoms with Crippen molar-refractivity contribution in [3.05, 3.63) is 28.8 Å². The first kappa shape index (κ1) is 15.0. The average molecular weight is 270 g/mol. The summed E-state index contributed by atoms with van der Waals surface area (Å²) in [5.41, 5.74) is 6.70. The Morgan fingerprint density at radius 1 is 1.44 bits per heavy atom. The summed E-state index contributed by atoms with van der Waals surface area (Å²) in [7, 11) is 1.58. The van der Waals surface area contributed by atoms with Gasteiger partial charge in [0.05, 0.1) is 7.11 Å². The predicted molar refractivity (Wildman–Crippen MR) is 74.1 cm³/mol. The Kier molecular flexibility index (Phi) is 5.63. The molecule has 0 aliphatic rings. The summed E-state index contributed by atoms with van der Waals surface area (Å²) in [6.45, 7) is 4.02. The zero-order chi connectivity index (χ0) is 13.7. The van der Waals surface area contributed by atoms with Crippen molar-refractivity contribution < 1.29 is 9.53 Å². The molecule has 1 aromatic rings. The van der Waals surface area contributed by atoms with E-state index >= 15 is 0 Å². The summed E-state index contributed by atoms with van der Waals surface area (Å²) >= 11 is 5.92. The fourth-order valence-electron chi connectivity index (χ4n) is 1.67. The van der Waals surface area contributed by atoms with Crippen LogP contribution >= 0.6 is 11.6 Å². The summed E-state index contributed by atoms with van der Waals surface area (Å²) in [5.74, 6) is 1.10. The van der Waals surface area contributed by atoms with Gasteiger partial charge in [0.2, 0.25) is 0 Å². The fraction of sp³-hybridized carbons (Fsp3) is 0.500. The maximum absolute atomic E-state index is 11.9. The Morgan fingerprint density at radius 2 is 2.11 bits per heavy atom. The lowest BCUT2D eigenvalue weighted by Crippen LogP contribution is -2.29. The highest BCUT2D eigenvalue weighted by Crippen LogP contribution is 2.23. The molecule has 1 aromatic carbocycles. The monoisotopic (exact) mass is 269 g/mol. The second kappa shape index (κ2) is 6.76. The highest BCUT2D eigenvalue weighted by Gasteiger charge is 2.15.